The Balaban J connectivity index is 1.24. The molecule has 52 heavy (non-hydrogen) atoms. The molecule has 8 aromatic rings. The lowest BCUT2D eigenvalue weighted by atomic mass is 9.80. The minimum Gasteiger partial charge on any atom is -0.404 e. The third kappa shape index (κ3) is 2.91. The Morgan fingerprint density at radius 3 is 1.85 bits per heavy atom. The summed E-state index contributed by atoms with van der Waals surface area (Å²) >= 11 is 0. The van der Waals surface area contributed by atoms with Gasteiger partial charge in [0, 0.05) is 33.7 Å². The smallest absolute Gasteiger partial charge is 0.378 e. The van der Waals surface area contributed by atoms with Crippen LogP contribution in [0.15, 0.2) is 97.1 Å². The highest BCUT2D eigenvalue weighted by atomic mass is 16.5. The molecule has 1 spiro atoms. The van der Waals surface area contributed by atoms with E-state index in [1.54, 1.807) is 0 Å². The Kier molecular flexibility index (Phi) is 4.79. The van der Waals surface area contributed by atoms with Gasteiger partial charge in [-0.2, -0.15) is 4.57 Å². The topological polar surface area (TPSA) is 26.8 Å². The molecule has 4 aromatic heterocycles. The van der Waals surface area contributed by atoms with Gasteiger partial charge in [-0.1, -0.05) is 68.9 Å². The fourth-order valence-corrected chi connectivity index (χ4v) is 12.1. The minimum absolute atomic E-state index is 0.574. The summed E-state index contributed by atoms with van der Waals surface area (Å²) in [4.78, 5) is 0. The second-order valence-electron chi connectivity index (χ2n) is 16.6. The number of ether oxygens (including phenoxy) is 1. The molecule has 250 valence electrons. The van der Waals surface area contributed by atoms with Gasteiger partial charge in [-0.15, -0.1) is 9.13 Å². The second kappa shape index (κ2) is 9.14. The van der Waals surface area contributed by atoms with Crippen LogP contribution in [0.1, 0.15) is 98.3 Å². The fourth-order valence-electron chi connectivity index (χ4n) is 12.1. The van der Waals surface area contributed by atoms with Gasteiger partial charge in [0.05, 0.1) is 22.8 Å². The van der Waals surface area contributed by atoms with E-state index in [4.69, 9.17) is 4.74 Å². The average molecular weight is 675 g/mol. The van der Waals surface area contributed by atoms with Crippen molar-refractivity contribution in [3.05, 3.63) is 119 Å². The zero-order valence-electron chi connectivity index (χ0n) is 29.2. The number of rotatable bonds is 2. The standard InChI is InChI=1S/C47H38N4O/c1-3-11-27(12-4-1)29-23-38-39-24-30(28-13-5-2-6-14-28)26-42-51(39)47-43-37(48-35-17-9-7-15-31(35)34-20-22-40(52-42)44(47)46(34)48)21-19-33-32-16-8-10-18-36(32)49(45(33)43)41(25-29)50(38)47/h7-10,15-28H,1-6,11-14H2/q+2. The Morgan fingerprint density at radius 2 is 1.13 bits per heavy atom. The van der Waals surface area contributed by atoms with Crippen LogP contribution in [0.5, 0.6) is 11.6 Å². The van der Waals surface area contributed by atoms with E-state index in [0.29, 0.717) is 11.8 Å². The van der Waals surface area contributed by atoms with Gasteiger partial charge < -0.3 is 9.30 Å². The quantitative estimate of drug-likeness (QED) is 0.168. The summed E-state index contributed by atoms with van der Waals surface area (Å²) in [6.07, 6.45) is 13.1. The van der Waals surface area contributed by atoms with Gasteiger partial charge in [-0.25, -0.2) is 0 Å². The predicted octanol–water partition coefficient (Wildman–Crippen LogP) is 10.6. The number of aromatic nitrogens is 4. The van der Waals surface area contributed by atoms with E-state index in [0.717, 1.165) is 11.6 Å². The second-order valence-corrected chi connectivity index (χ2v) is 16.6. The van der Waals surface area contributed by atoms with Crippen LogP contribution in [0.3, 0.4) is 0 Å². The van der Waals surface area contributed by atoms with E-state index < -0.39 is 5.66 Å². The zero-order chi connectivity index (χ0) is 33.4. The van der Waals surface area contributed by atoms with Gasteiger partial charge in [0.25, 0.3) is 11.5 Å². The first-order valence-electron chi connectivity index (χ1n) is 19.8. The number of hydrogen-bond acceptors (Lipinski definition) is 1. The normalized spacial score (nSPS) is 20.8. The summed E-state index contributed by atoms with van der Waals surface area (Å²) in [5, 5.41) is 5.24. The van der Waals surface area contributed by atoms with E-state index in [-0.39, 0.29) is 0 Å². The fraction of sp³-hybridized carbons (Fsp3) is 0.277. The van der Waals surface area contributed by atoms with Crippen LogP contribution >= 0.6 is 0 Å². The lowest BCUT2D eigenvalue weighted by Gasteiger charge is -2.37. The molecule has 6 aliphatic rings. The maximum Gasteiger partial charge on any atom is 0.378 e. The summed E-state index contributed by atoms with van der Waals surface area (Å²) < 4.78 is 17.9. The van der Waals surface area contributed by atoms with Crippen molar-refractivity contribution in [2.24, 2.45) is 0 Å². The third-order valence-electron chi connectivity index (χ3n) is 14.2. The average Bonchev–Trinajstić information content (AvgIpc) is 3.83. The highest BCUT2D eigenvalue weighted by Gasteiger charge is 2.71. The van der Waals surface area contributed by atoms with E-state index in [9.17, 15) is 0 Å². The maximum atomic E-state index is 7.27. The molecule has 4 aliphatic heterocycles. The van der Waals surface area contributed by atoms with Crippen LogP contribution in [-0.4, -0.2) is 9.13 Å². The van der Waals surface area contributed by atoms with E-state index in [1.165, 1.54) is 153 Å². The van der Waals surface area contributed by atoms with Crippen molar-refractivity contribution in [2.75, 3.05) is 0 Å². The van der Waals surface area contributed by atoms with Crippen LogP contribution in [0, 0.1) is 0 Å². The minimum atomic E-state index is -0.623. The van der Waals surface area contributed by atoms with Crippen molar-refractivity contribution in [2.45, 2.75) is 81.7 Å². The predicted molar refractivity (Wildman–Crippen MR) is 204 cm³/mol. The van der Waals surface area contributed by atoms with Crippen molar-refractivity contribution in [3.8, 4) is 34.5 Å². The van der Waals surface area contributed by atoms with Gasteiger partial charge in [-0.05, 0) is 97.2 Å². The van der Waals surface area contributed by atoms with Crippen LogP contribution in [0.25, 0.3) is 66.5 Å². The summed E-state index contributed by atoms with van der Waals surface area (Å²) in [6, 6.07) is 37.8. The number of hydrogen-bond donors (Lipinski definition) is 0. The molecule has 8 heterocycles. The Morgan fingerprint density at radius 1 is 0.538 bits per heavy atom. The molecular weight excluding hydrogens is 637 g/mol. The Bertz CT molecular complexity index is 2970. The highest BCUT2D eigenvalue weighted by molar-refractivity contribution is 6.16. The highest BCUT2D eigenvalue weighted by Crippen LogP contribution is 2.58. The van der Waals surface area contributed by atoms with Gasteiger partial charge in [-0.3, -0.25) is 0 Å². The molecule has 2 fully saturated rings. The monoisotopic (exact) mass is 674 g/mol. The first-order valence-corrected chi connectivity index (χ1v) is 19.8. The molecule has 2 aliphatic carbocycles. The SMILES string of the molecule is c1ccc2c(c1)c1ccc3c4c1n2-c1ccc2c5ccccc5n5c2c1C41[n+]2c(cc(C4CCCCC4)cc2-c2cc(C4CCCCC4)cc-5[n+]21)O3. The van der Waals surface area contributed by atoms with Gasteiger partial charge in [0.2, 0.25) is 5.69 Å². The molecule has 5 nitrogen and oxygen atoms in total. The molecule has 2 saturated carbocycles. The van der Waals surface area contributed by atoms with E-state index in [1.807, 2.05) is 0 Å². The van der Waals surface area contributed by atoms with Crippen LogP contribution < -0.4 is 13.9 Å². The molecule has 1 unspecified atom stereocenters. The molecular formula is C47H38N4O+2. The Labute approximate surface area is 301 Å². The van der Waals surface area contributed by atoms with Crippen molar-refractivity contribution in [1.29, 1.82) is 0 Å². The lowest BCUT2D eigenvalue weighted by Crippen LogP contribution is -2.75. The molecule has 0 amide bonds. The number of nitrogens with zero attached hydrogens (tertiary/aromatic N) is 4. The molecule has 0 bridgehead atoms. The number of pyridine rings is 2. The first kappa shape index (κ1) is 27.3. The van der Waals surface area contributed by atoms with Gasteiger partial charge in [0.15, 0.2) is 11.3 Å². The summed E-state index contributed by atoms with van der Waals surface area (Å²) in [7, 11) is 0. The molecule has 4 aromatic carbocycles. The molecule has 14 rings (SSSR count). The Hall–Kier alpha value is -5.42. The molecule has 1 atom stereocenters. The largest absolute Gasteiger partial charge is 0.404 e. The zero-order valence-corrected chi connectivity index (χ0v) is 29.2. The van der Waals surface area contributed by atoms with Crippen LogP contribution in [0.2, 0.25) is 0 Å². The molecule has 0 radical (unpaired) electrons. The first-order chi connectivity index (χ1) is 25.8. The van der Waals surface area contributed by atoms with Crippen molar-refractivity contribution in [3.63, 3.8) is 0 Å². The molecule has 5 heteroatoms. The van der Waals surface area contributed by atoms with Gasteiger partial charge in [0.1, 0.15) is 16.6 Å². The van der Waals surface area contributed by atoms with Crippen molar-refractivity contribution in [1.82, 2.24) is 9.13 Å². The number of para-hydroxylation sites is 2. The van der Waals surface area contributed by atoms with Crippen molar-refractivity contribution >= 4 is 43.6 Å². The molecule has 0 N–H and O–H groups in total. The maximum absolute atomic E-state index is 7.27. The van der Waals surface area contributed by atoms with E-state index >= 15 is 0 Å². The summed E-state index contributed by atoms with van der Waals surface area (Å²) in [5.41, 5.74) is 14.0. The van der Waals surface area contributed by atoms with Crippen LogP contribution in [0.4, 0.5) is 0 Å². The van der Waals surface area contributed by atoms with Gasteiger partial charge >= 0.3 is 11.5 Å². The number of fused-ring (bicyclic) bond motifs is 9. The summed E-state index contributed by atoms with van der Waals surface area (Å²) in [6.45, 7) is 0. The molecule has 0 saturated heterocycles. The van der Waals surface area contributed by atoms with Crippen LogP contribution in [-0.2, 0) is 5.66 Å². The third-order valence-corrected chi connectivity index (χ3v) is 14.2. The number of benzene rings is 4. The van der Waals surface area contributed by atoms with Crippen molar-refractivity contribution < 1.29 is 13.9 Å². The summed E-state index contributed by atoms with van der Waals surface area (Å²) in [5.74, 6) is 4.41. The lowest BCUT2D eigenvalue weighted by molar-refractivity contribution is -0.938. The van der Waals surface area contributed by atoms with E-state index in [2.05, 4.69) is 115 Å².